The summed E-state index contributed by atoms with van der Waals surface area (Å²) in [7, 11) is 0. The van der Waals surface area contributed by atoms with Crippen LogP contribution >= 0.6 is 0 Å². The molecule has 0 atom stereocenters. The normalized spacial score (nSPS) is 17.4. The van der Waals surface area contributed by atoms with Crippen LogP contribution in [0.15, 0.2) is 18.3 Å². The second-order valence-corrected chi connectivity index (χ2v) is 9.26. The number of likely N-dealkylation sites (tertiary alicyclic amines) is 2. The molecule has 0 bridgehead atoms. The number of piperidine rings is 1. The maximum absolute atomic E-state index is 14.4. The molecule has 2 fully saturated rings. The van der Waals surface area contributed by atoms with Crippen molar-refractivity contribution in [2.24, 2.45) is 5.41 Å². The third-order valence-corrected chi connectivity index (χ3v) is 7.12. The van der Waals surface area contributed by atoms with Gasteiger partial charge >= 0.3 is 5.82 Å². The molecule has 182 valence electrons. The number of aromatic nitrogens is 2. The Balaban J connectivity index is 1.32. The lowest BCUT2D eigenvalue weighted by molar-refractivity contribution is -0.389. The van der Waals surface area contributed by atoms with Gasteiger partial charge in [-0.3, -0.25) is 9.59 Å². The predicted molar refractivity (Wildman–Crippen MR) is 118 cm³/mol. The summed E-state index contributed by atoms with van der Waals surface area (Å²) < 4.78 is 30.2. The van der Waals surface area contributed by atoms with E-state index in [4.69, 9.17) is 0 Å². The Morgan fingerprint density at radius 2 is 1.76 bits per heavy atom. The van der Waals surface area contributed by atoms with Gasteiger partial charge in [0.25, 0.3) is 5.91 Å². The van der Waals surface area contributed by atoms with Crippen LogP contribution in [0.3, 0.4) is 0 Å². The molecule has 2 amide bonds. The monoisotopic (exact) mass is 475 g/mol. The highest BCUT2D eigenvalue weighted by molar-refractivity contribution is 5.95. The Labute approximate surface area is 195 Å². The molecular weight excluding hydrogens is 448 g/mol. The number of halogens is 2. The number of amides is 2. The van der Waals surface area contributed by atoms with Crippen LogP contribution in [0.4, 0.5) is 14.6 Å². The molecule has 9 nitrogen and oxygen atoms in total. The van der Waals surface area contributed by atoms with Crippen molar-refractivity contribution >= 4 is 17.6 Å². The van der Waals surface area contributed by atoms with Crippen LogP contribution in [0.1, 0.15) is 47.4 Å². The predicted octanol–water partition coefficient (Wildman–Crippen LogP) is 3.23. The fraction of sp³-hybridized carbons (Fsp3) is 0.522. The minimum atomic E-state index is -0.857. The molecule has 0 N–H and O–H groups in total. The first-order valence-corrected chi connectivity index (χ1v) is 11.3. The molecule has 1 aromatic heterocycles. The number of rotatable bonds is 5. The zero-order chi connectivity index (χ0) is 24.6. The number of hydrogen-bond acceptors (Lipinski definition) is 5. The van der Waals surface area contributed by atoms with E-state index in [1.165, 1.54) is 24.1 Å². The maximum Gasteiger partial charge on any atom is 0.381 e. The topological polar surface area (TPSA) is 102 Å². The lowest BCUT2D eigenvalue weighted by Gasteiger charge is -2.39. The van der Waals surface area contributed by atoms with Gasteiger partial charge in [0.2, 0.25) is 11.7 Å². The van der Waals surface area contributed by atoms with Crippen LogP contribution in [0.25, 0.3) is 0 Å². The molecule has 3 heterocycles. The summed E-state index contributed by atoms with van der Waals surface area (Å²) in [5.41, 5.74) is -0.391. The number of nitro groups is 1. The van der Waals surface area contributed by atoms with Crippen molar-refractivity contribution in [3.05, 3.63) is 57.0 Å². The number of benzene rings is 1. The standard InChI is InChI=1S/C23H27F2N5O4/c1-15-3-4-17(24)20(21(15)25)22(32)27-10-6-23(7-11-27)8-12-29(14-23)19(31)5-9-28-13-18(30(33)34)26-16(28)2/h3-4,13H,5-12,14H2,1-2H3. The van der Waals surface area contributed by atoms with Gasteiger partial charge < -0.3 is 24.5 Å². The Bertz CT molecular complexity index is 1140. The van der Waals surface area contributed by atoms with Gasteiger partial charge in [0.05, 0.1) is 0 Å². The van der Waals surface area contributed by atoms with E-state index in [1.807, 2.05) is 0 Å². The van der Waals surface area contributed by atoms with E-state index < -0.39 is 28.0 Å². The Morgan fingerprint density at radius 1 is 1.12 bits per heavy atom. The minimum absolute atomic E-state index is 0.0324. The number of hydrogen-bond donors (Lipinski definition) is 0. The van der Waals surface area contributed by atoms with Gasteiger partial charge in [0, 0.05) is 46.1 Å². The highest BCUT2D eigenvalue weighted by Crippen LogP contribution is 2.41. The fourth-order valence-electron chi connectivity index (χ4n) is 4.93. The highest BCUT2D eigenvalue weighted by Gasteiger charge is 2.43. The van der Waals surface area contributed by atoms with Gasteiger partial charge in [-0.2, -0.15) is 0 Å². The molecule has 0 aliphatic carbocycles. The molecule has 0 radical (unpaired) electrons. The summed E-state index contributed by atoms with van der Waals surface area (Å²) >= 11 is 0. The summed E-state index contributed by atoms with van der Waals surface area (Å²) in [5.74, 6) is -2.10. The first-order chi connectivity index (χ1) is 16.1. The molecule has 4 rings (SSSR count). The summed E-state index contributed by atoms with van der Waals surface area (Å²) in [6.07, 6.45) is 3.67. The molecule has 2 saturated heterocycles. The molecule has 11 heteroatoms. The molecule has 2 aliphatic heterocycles. The van der Waals surface area contributed by atoms with Crippen molar-refractivity contribution in [3.63, 3.8) is 0 Å². The number of carbonyl (C=O) groups excluding carboxylic acids is 2. The quantitative estimate of drug-likeness (QED) is 0.488. The Kier molecular flexibility index (Phi) is 6.37. The van der Waals surface area contributed by atoms with Crippen LogP contribution in [0.2, 0.25) is 0 Å². The maximum atomic E-state index is 14.4. The number of nitrogens with zero attached hydrogens (tertiary/aromatic N) is 5. The van der Waals surface area contributed by atoms with Crippen molar-refractivity contribution in [1.82, 2.24) is 19.4 Å². The number of aryl methyl sites for hydroxylation is 3. The largest absolute Gasteiger partial charge is 0.381 e. The minimum Gasteiger partial charge on any atom is -0.358 e. The number of carbonyl (C=O) groups is 2. The van der Waals surface area contributed by atoms with Crippen LogP contribution in [0, 0.1) is 41.0 Å². The summed E-state index contributed by atoms with van der Waals surface area (Å²) in [5, 5.41) is 10.9. The first-order valence-electron chi connectivity index (χ1n) is 11.3. The lowest BCUT2D eigenvalue weighted by Crippen LogP contribution is -2.45. The van der Waals surface area contributed by atoms with Crippen molar-refractivity contribution in [1.29, 1.82) is 0 Å². The second-order valence-electron chi connectivity index (χ2n) is 9.26. The molecule has 0 unspecified atom stereocenters. The molecule has 2 aliphatic rings. The zero-order valence-electron chi connectivity index (χ0n) is 19.2. The average Bonchev–Trinajstić information content (AvgIpc) is 3.39. The number of imidazole rings is 1. The Morgan fingerprint density at radius 3 is 2.38 bits per heavy atom. The van der Waals surface area contributed by atoms with E-state index in [0.29, 0.717) is 51.4 Å². The average molecular weight is 475 g/mol. The first kappa shape index (κ1) is 23.8. The van der Waals surface area contributed by atoms with Gasteiger partial charge in [0.15, 0.2) is 0 Å². The lowest BCUT2D eigenvalue weighted by atomic mass is 9.77. The third-order valence-electron chi connectivity index (χ3n) is 7.12. The summed E-state index contributed by atoms with van der Waals surface area (Å²) in [6.45, 7) is 5.41. The van der Waals surface area contributed by atoms with Crippen LogP contribution in [-0.2, 0) is 11.3 Å². The second kappa shape index (κ2) is 9.11. The van der Waals surface area contributed by atoms with E-state index in [-0.39, 0.29) is 29.1 Å². The van der Waals surface area contributed by atoms with E-state index in [2.05, 4.69) is 4.98 Å². The summed E-state index contributed by atoms with van der Waals surface area (Å²) in [4.78, 5) is 43.0. The fourth-order valence-corrected chi connectivity index (χ4v) is 4.93. The van der Waals surface area contributed by atoms with Gasteiger partial charge in [-0.05, 0) is 53.1 Å². The molecule has 2 aromatic rings. The molecular formula is C23H27F2N5O4. The smallest absolute Gasteiger partial charge is 0.358 e. The van der Waals surface area contributed by atoms with Crippen molar-refractivity contribution in [2.75, 3.05) is 26.2 Å². The van der Waals surface area contributed by atoms with Gasteiger partial charge in [-0.15, -0.1) is 0 Å². The van der Waals surface area contributed by atoms with Gasteiger partial charge in [-0.25, -0.2) is 8.78 Å². The van der Waals surface area contributed by atoms with Crippen molar-refractivity contribution in [3.8, 4) is 0 Å². The summed E-state index contributed by atoms with van der Waals surface area (Å²) in [6, 6.07) is 2.42. The van der Waals surface area contributed by atoms with Gasteiger partial charge in [-0.1, -0.05) is 6.07 Å². The van der Waals surface area contributed by atoms with Crippen molar-refractivity contribution < 1.29 is 23.3 Å². The van der Waals surface area contributed by atoms with Crippen LogP contribution in [0.5, 0.6) is 0 Å². The third kappa shape index (κ3) is 4.51. The van der Waals surface area contributed by atoms with Gasteiger partial charge in [0.1, 0.15) is 23.4 Å². The zero-order valence-corrected chi connectivity index (χ0v) is 19.2. The molecule has 1 spiro atoms. The van der Waals surface area contributed by atoms with E-state index in [1.54, 1.807) is 16.4 Å². The van der Waals surface area contributed by atoms with Crippen LogP contribution in [-0.4, -0.2) is 62.3 Å². The Hall–Kier alpha value is -3.37. The van der Waals surface area contributed by atoms with E-state index in [0.717, 1.165) is 12.5 Å². The highest BCUT2D eigenvalue weighted by atomic mass is 19.1. The molecule has 1 aromatic carbocycles. The van der Waals surface area contributed by atoms with Crippen molar-refractivity contribution in [2.45, 2.75) is 46.1 Å². The van der Waals surface area contributed by atoms with E-state index in [9.17, 15) is 28.5 Å². The van der Waals surface area contributed by atoms with E-state index >= 15 is 0 Å². The SMILES string of the molecule is Cc1ccc(F)c(C(=O)N2CCC3(CCN(C(=O)CCn4cc([N+](=O)[O-])nc4C)C3)CC2)c1F. The van der Waals surface area contributed by atoms with Crippen LogP contribution < -0.4 is 0 Å². The molecule has 34 heavy (non-hydrogen) atoms. The molecule has 0 saturated carbocycles.